The van der Waals surface area contributed by atoms with Crippen LogP contribution < -0.4 is 4.90 Å². The molecule has 2 aromatic heterocycles. The number of anilines is 3. The monoisotopic (exact) mass is 640 g/mol. The Morgan fingerprint density at radius 3 is 1.60 bits per heavy atom. The minimum atomic E-state index is 0.617. The summed E-state index contributed by atoms with van der Waals surface area (Å²) in [6.07, 6.45) is 0. The van der Waals surface area contributed by atoms with E-state index in [4.69, 9.17) is 19.9 Å². The molecule has 6 heteroatoms. The van der Waals surface area contributed by atoms with Gasteiger partial charge in [0.15, 0.2) is 17.5 Å². The molecule has 10 rings (SSSR count). The topological polar surface area (TPSA) is 59.7 Å². The van der Waals surface area contributed by atoms with Crippen molar-refractivity contribution in [2.24, 2.45) is 0 Å². The Morgan fingerprint density at radius 2 is 0.920 bits per heavy atom. The fourth-order valence-corrected chi connectivity index (χ4v) is 6.99. The highest BCUT2D eigenvalue weighted by atomic mass is 15.3. The molecule has 0 bridgehead atoms. The highest BCUT2D eigenvalue weighted by Crippen LogP contribution is 2.49. The van der Waals surface area contributed by atoms with Gasteiger partial charge in [-0.05, 0) is 65.4 Å². The molecule has 0 atom stereocenters. The Hall–Kier alpha value is -6.92. The number of para-hydroxylation sites is 3. The molecule has 0 amide bonds. The standard InChI is InChI=1S/C44H28N6/c1-3-13-29(14-4-1)41-46-42(30-15-5-2-6-16-30)48-43(47-41)31-23-25-34(26-24-31)49-40-28-33-18-8-7-17-32(33)27-36(40)35-19-9-11-21-38(35)50-39-22-12-10-20-37(39)45-44(49)50/h1-28H. The zero-order valence-electron chi connectivity index (χ0n) is 26.8. The highest BCUT2D eigenvalue weighted by molar-refractivity contribution is 6.02. The predicted octanol–water partition coefficient (Wildman–Crippen LogP) is 10.8. The number of aromatic nitrogens is 5. The van der Waals surface area contributed by atoms with Gasteiger partial charge in [-0.25, -0.2) is 19.9 Å². The number of benzene rings is 7. The van der Waals surface area contributed by atoms with Crippen LogP contribution in [0.2, 0.25) is 0 Å². The smallest absolute Gasteiger partial charge is 0.220 e. The van der Waals surface area contributed by atoms with Gasteiger partial charge in [0.1, 0.15) is 0 Å². The van der Waals surface area contributed by atoms with E-state index in [-0.39, 0.29) is 0 Å². The quantitative estimate of drug-likeness (QED) is 0.192. The summed E-state index contributed by atoms with van der Waals surface area (Å²) in [6.45, 7) is 0. The molecule has 0 N–H and O–H groups in total. The third kappa shape index (κ3) is 4.58. The summed E-state index contributed by atoms with van der Waals surface area (Å²) < 4.78 is 2.29. The van der Waals surface area contributed by atoms with Gasteiger partial charge < -0.3 is 0 Å². The lowest BCUT2D eigenvalue weighted by Crippen LogP contribution is -2.14. The van der Waals surface area contributed by atoms with Crippen LogP contribution in [0.3, 0.4) is 0 Å². The first-order valence-electron chi connectivity index (χ1n) is 16.7. The summed E-state index contributed by atoms with van der Waals surface area (Å²) in [6, 6.07) is 58.7. The first-order valence-corrected chi connectivity index (χ1v) is 16.7. The Kier molecular flexibility index (Phi) is 6.39. The van der Waals surface area contributed by atoms with E-state index in [0.29, 0.717) is 17.5 Å². The molecule has 0 aliphatic carbocycles. The lowest BCUT2D eigenvalue weighted by Gasteiger charge is -2.25. The second-order valence-corrected chi connectivity index (χ2v) is 12.4. The van der Waals surface area contributed by atoms with Crippen molar-refractivity contribution in [2.75, 3.05) is 4.90 Å². The lowest BCUT2D eigenvalue weighted by atomic mass is 9.97. The summed E-state index contributed by atoms with van der Waals surface area (Å²) >= 11 is 0. The second-order valence-electron chi connectivity index (χ2n) is 12.4. The van der Waals surface area contributed by atoms with Crippen molar-refractivity contribution < 1.29 is 0 Å². The number of fused-ring (bicyclic) bond motifs is 8. The molecular weight excluding hydrogens is 613 g/mol. The zero-order valence-corrected chi connectivity index (χ0v) is 26.8. The molecule has 0 fully saturated rings. The van der Waals surface area contributed by atoms with Crippen LogP contribution in [-0.4, -0.2) is 24.5 Å². The Bertz CT molecular complexity index is 2640. The molecule has 0 spiro atoms. The Morgan fingerprint density at radius 1 is 0.380 bits per heavy atom. The Balaban J connectivity index is 1.18. The van der Waals surface area contributed by atoms with E-state index < -0.39 is 0 Å². The van der Waals surface area contributed by atoms with Crippen molar-refractivity contribution in [1.29, 1.82) is 0 Å². The van der Waals surface area contributed by atoms with Gasteiger partial charge in [-0.15, -0.1) is 0 Å². The molecule has 6 nitrogen and oxygen atoms in total. The Labute approximate surface area is 288 Å². The minimum absolute atomic E-state index is 0.617. The molecule has 50 heavy (non-hydrogen) atoms. The molecule has 1 aliphatic rings. The van der Waals surface area contributed by atoms with Gasteiger partial charge in [0.2, 0.25) is 5.95 Å². The maximum Gasteiger partial charge on any atom is 0.220 e. The average Bonchev–Trinajstić information content (AvgIpc) is 3.52. The van der Waals surface area contributed by atoms with E-state index in [1.807, 2.05) is 66.7 Å². The van der Waals surface area contributed by atoms with Crippen LogP contribution in [0.5, 0.6) is 0 Å². The van der Waals surface area contributed by atoms with Gasteiger partial charge in [0.05, 0.1) is 22.4 Å². The fourth-order valence-electron chi connectivity index (χ4n) is 6.99. The largest absolute Gasteiger partial charge is 0.280 e. The normalized spacial score (nSPS) is 12.0. The van der Waals surface area contributed by atoms with Crippen molar-refractivity contribution in [3.05, 3.63) is 170 Å². The van der Waals surface area contributed by atoms with Crippen molar-refractivity contribution in [3.63, 3.8) is 0 Å². The highest BCUT2D eigenvalue weighted by Gasteiger charge is 2.29. The third-order valence-electron chi connectivity index (χ3n) is 9.37. The fraction of sp³-hybridized carbons (Fsp3) is 0. The number of nitrogens with zero attached hydrogens (tertiary/aromatic N) is 6. The molecule has 7 aromatic carbocycles. The van der Waals surface area contributed by atoms with Gasteiger partial charge in [-0.1, -0.05) is 115 Å². The van der Waals surface area contributed by atoms with Crippen molar-refractivity contribution in [1.82, 2.24) is 24.5 Å². The van der Waals surface area contributed by atoms with Crippen molar-refractivity contribution in [2.45, 2.75) is 0 Å². The van der Waals surface area contributed by atoms with Gasteiger partial charge in [-0.3, -0.25) is 9.47 Å². The molecule has 0 unspecified atom stereocenters. The molecule has 0 saturated heterocycles. The van der Waals surface area contributed by atoms with E-state index in [1.54, 1.807) is 0 Å². The summed E-state index contributed by atoms with van der Waals surface area (Å²) in [4.78, 5) is 22.4. The second kappa shape index (κ2) is 11.4. The van der Waals surface area contributed by atoms with Crippen molar-refractivity contribution in [3.8, 4) is 51.0 Å². The van der Waals surface area contributed by atoms with Crippen LogP contribution in [0.4, 0.5) is 17.3 Å². The molecule has 3 heterocycles. The van der Waals surface area contributed by atoms with Crippen LogP contribution in [0.25, 0.3) is 72.8 Å². The van der Waals surface area contributed by atoms with Gasteiger partial charge in [0, 0.05) is 33.5 Å². The van der Waals surface area contributed by atoms with E-state index in [2.05, 4.69) is 113 Å². The van der Waals surface area contributed by atoms with E-state index in [9.17, 15) is 0 Å². The maximum absolute atomic E-state index is 5.28. The molecule has 9 aromatic rings. The molecule has 1 aliphatic heterocycles. The van der Waals surface area contributed by atoms with Crippen LogP contribution in [0, 0.1) is 0 Å². The minimum Gasteiger partial charge on any atom is -0.280 e. The summed E-state index contributed by atoms with van der Waals surface area (Å²) in [7, 11) is 0. The SMILES string of the molecule is c1ccc(-c2nc(-c3ccccc3)nc(-c3ccc(N4c5cc6ccccc6cc5-c5ccccc5-n5c4nc4ccccc45)cc3)n2)cc1. The number of hydrogen-bond donors (Lipinski definition) is 0. The number of imidazole rings is 1. The van der Waals surface area contributed by atoms with E-state index in [1.165, 1.54) is 10.8 Å². The maximum atomic E-state index is 5.28. The first kappa shape index (κ1) is 28.1. The molecular formula is C44H28N6. The van der Waals surface area contributed by atoms with E-state index >= 15 is 0 Å². The van der Waals surface area contributed by atoms with Gasteiger partial charge in [-0.2, -0.15) is 0 Å². The predicted molar refractivity (Wildman–Crippen MR) is 202 cm³/mol. The van der Waals surface area contributed by atoms with Crippen molar-refractivity contribution >= 4 is 39.1 Å². The summed E-state index contributed by atoms with van der Waals surface area (Å²) in [5, 5.41) is 2.36. The molecule has 0 saturated carbocycles. The molecule has 234 valence electrons. The summed E-state index contributed by atoms with van der Waals surface area (Å²) in [5.41, 5.74) is 10.2. The third-order valence-corrected chi connectivity index (χ3v) is 9.37. The zero-order chi connectivity index (χ0) is 33.0. The van der Waals surface area contributed by atoms with Gasteiger partial charge in [0.25, 0.3) is 0 Å². The average molecular weight is 641 g/mol. The van der Waals surface area contributed by atoms with Gasteiger partial charge >= 0.3 is 0 Å². The first-order chi connectivity index (χ1) is 24.8. The lowest BCUT2D eigenvalue weighted by molar-refractivity contribution is 1.05. The van der Waals surface area contributed by atoms with Crippen LogP contribution in [-0.2, 0) is 0 Å². The van der Waals surface area contributed by atoms with Crippen LogP contribution >= 0.6 is 0 Å². The summed E-state index contributed by atoms with van der Waals surface area (Å²) in [5.74, 6) is 2.72. The number of rotatable bonds is 4. The van der Waals surface area contributed by atoms with Crippen LogP contribution in [0.1, 0.15) is 0 Å². The van der Waals surface area contributed by atoms with Crippen LogP contribution in [0.15, 0.2) is 170 Å². The molecule has 0 radical (unpaired) electrons. The number of hydrogen-bond acceptors (Lipinski definition) is 5. The van der Waals surface area contributed by atoms with E-state index in [0.717, 1.165) is 61.9 Å².